The van der Waals surface area contributed by atoms with Crippen molar-refractivity contribution in [2.45, 2.75) is 44.6 Å². The molecule has 1 spiro atoms. The van der Waals surface area contributed by atoms with Gasteiger partial charge in [-0.15, -0.1) is 0 Å². The molecule has 1 aromatic carbocycles. The van der Waals surface area contributed by atoms with Gasteiger partial charge in [-0.05, 0) is 31.4 Å². The third-order valence-electron chi connectivity index (χ3n) is 4.76. The minimum atomic E-state index is -0.444. The highest BCUT2D eigenvalue weighted by Crippen LogP contribution is 2.34. The Morgan fingerprint density at radius 2 is 1.90 bits per heavy atom. The molecule has 0 radical (unpaired) electrons. The lowest BCUT2D eigenvalue weighted by atomic mass is 9.80. The Labute approximate surface area is 119 Å². The van der Waals surface area contributed by atoms with Gasteiger partial charge in [-0.2, -0.15) is 0 Å². The Bertz CT molecular complexity index is 490. The molecule has 0 unspecified atom stereocenters. The summed E-state index contributed by atoms with van der Waals surface area (Å²) in [5.41, 5.74) is 0.730. The van der Waals surface area contributed by atoms with Gasteiger partial charge in [0.1, 0.15) is 11.5 Å². The lowest BCUT2D eigenvalue weighted by Crippen LogP contribution is -2.61. The summed E-state index contributed by atoms with van der Waals surface area (Å²) in [7, 11) is 0. The third kappa shape index (κ3) is 2.41. The Balaban J connectivity index is 1.89. The molecule has 0 bridgehead atoms. The van der Waals surface area contributed by atoms with Gasteiger partial charge in [0.05, 0.1) is 0 Å². The van der Waals surface area contributed by atoms with Crippen LogP contribution in [0.5, 0.6) is 0 Å². The monoisotopic (exact) mass is 280 g/mol. The number of aryl methyl sites for hydroxylation is 1. The summed E-state index contributed by atoms with van der Waals surface area (Å²) in [6, 6.07) is 2.88. The van der Waals surface area contributed by atoms with E-state index in [0.29, 0.717) is 18.7 Å². The van der Waals surface area contributed by atoms with Crippen molar-refractivity contribution in [3.05, 3.63) is 29.3 Å². The molecule has 3 rings (SSSR count). The first-order valence-electron chi connectivity index (χ1n) is 7.56. The number of hydrogen-bond donors (Lipinski definition) is 1. The van der Waals surface area contributed by atoms with Crippen LogP contribution in [0.3, 0.4) is 0 Å². The van der Waals surface area contributed by atoms with Crippen molar-refractivity contribution in [2.24, 2.45) is 0 Å². The second kappa shape index (κ2) is 5.32. The van der Waals surface area contributed by atoms with Crippen LogP contribution in [-0.4, -0.2) is 25.2 Å². The van der Waals surface area contributed by atoms with Crippen molar-refractivity contribution in [3.8, 4) is 0 Å². The van der Waals surface area contributed by atoms with Gasteiger partial charge in [-0.3, -0.25) is 0 Å². The molecule has 1 N–H and O–H groups in total. The fourth-order valence-corrected chi connectivity index (χ4v) is 3.64. The molecule has 0 amide bonds. The van der Waals surface area contributed by atoms with Crippen LogP contribution in [0.1, 0.15) is 37.7 Å². The van der Waals surface area contributed by atoms with Crippen LogP contribution < -0.4 is 10.2 Å². The van der Waals surface area contributed by atoms with Gasteiger partial charge in [-0.25, -0.2) is 8.78 Å². The van der Waals surface area contributed by atoms with Crippen LogP contribution in [0.25, 0.3) is 0 Å². The van der Waals surface area contributed by atoms with Crippen molar-refractivity contribution in [1.29, 1.82) is 0 Å². The zero-order valence-electron chi connectivity index (χ0n) is 12.0. The average Bonchev–Trinajstić information content (AvgIpc) is 2.44. The molecular formula is C16H22F2N2. The number of benzene rings is 1. The second-order valence-electron chi connectivity index (χ2n) is 6.22. The molecule has 1 saturated heterocycles. The molecule has 2 fully saturated rings. The number of hydrogen-bond acceptors (Lipinski definition) is 2. The van der Waals surface area contributed by atoms with E-state index in [1.165, 1.54) is 31.4 Å². The summed E-state index contributed by atoms with van der Waals surface area (Å²) in [4.78, 5) is 1.90. The summed E-state index contributed by atoms with van der Waals surface area (Å²) < 4.78 is 28.4. The van der Waals surface area contributed by atoms with Crippen molar-refractivity contribution >= 4 is 5.69 Å². The first-order chi connectivity index (χ1) is 9.61. The van der Waals surface area contributed by atoms with E-state index in [1.807, 2.05) is 4.90 Å². The van der Waals surface area contributed by atoms with Gasteiger partial charge in [0.25, 0.3) is 0 Å². The molecule has 4 heteroatoms. The molecule has 1 aliphatic heterocycles. The zero-order chi connectivity index (χ0) is 14.2. The van der Waals surface area contributed by atoms with Gasteiger partial charge in [0, 0.05) is 25.2 Å². The molecular weight excluding hydrogens is 258 g/mol. The summed E-state index contributed by atoms with van der Waals surface area (Å²) >= 11 is 0. The Morgan fingerprint density at radius 3 is 2.65 bits per heavy atom. The van der Waals surface area contributed by atoms with E-state index in [4.69, 9.17) is 0 Å². The predicted molar refractivity (Wildman–Crippen MR) is 77.1 cm³/mol. The van der Waals surface area contributed by atoms with Crippen molar-refractivity contribution < 1.29 is 8.78 Å². The maximum absolute atomic E-state index is 14.3. The minimum absolute atomic E-state index is 0.0547. The molecule has 1 saturated carbocycles. The van der Waals surface area contributed by atoms with Gasteiger partial charge in [-0.1, -0.05) is 25.3 Å². The third-order valence-corrected chi connectivity index (χ3v) is 4.76. The van der Waals surface area contributed by atoms with Gasteiger partial charge < -0.3 is 10.2 Å². The minimum Gasteiger partial charge on any atom is -0.364 e. The van der Waals surface area contributed by atoms with E-state index in [0.717, 1.165) is 19.4 Å². The van der Waals surface area contributed by atoms with Crippen LogP contribution in [0, 0.1) is 18.6 Å². The number of anilines is 1. The van der Waals surface area contributed by atoms with Crippen LogP contribution in [0.15, 0.2) is 12.1 Å². The normalized spacial score (nSPS) is 22.2. The maximum atomic E-state index is 14.3. The molecule has 2 nitrogen and oxygen atoms in total. The summed E-state index contributed by atoms with van der Waals surface area (Å²) in [6.45, 7) is 3.87. The van der Waals surface area contributed by atoms with Gasteiger partial charge >= 0.3 is 0 Å². The molecule has 1 aliphatic carbocycles. The van der Waals surface area contributed by atoms with Gasteiger partial charge in [0.15, 0.2) is 5.82 Å². The number of nitrogens with one attached hydrogen (secondary N) is 1. The SMILES string of the molecule is Cc1ccc(F)c(N2CCNC3(CCCCC3)C2)c1F. The topological polar surface area (TPSA) is 15.3 Å². The highest BCUT2D eigenvalue weighted by atomic mass is 19.1. The van der Waals surface area contributed by atoms with Gasteiger partial charge in [0.2, 0.25) is 0 Å². The quantitative estimate of drug-likeness (QED) is 0.848. The summed E-state index contributed by atoms with van der Waals surface area (Å²) in [6.07, 6.45) is 5.91. The Hall–Kier alpha value is -1.16. The number of nitrogens with zero attached hydrogens (tertiary/aromatic N) is 1. The standard InChI is InChI=1S/C16H22F2N2/c1-12-5-6-13(17)15(14(12)18)20-10-9-19-16(11-20)7-3-2-4-8-16/h5-6,19H,2-4,7-11H2,1H3. The maximum Gasteiger partial charge on any atom is 0.152 e. The largest absolute Gasteiger partial charge is 0.364 e. The fourth-order valence-electron chi connectivity index (χ4n) is 3.64. The van der Waals surface area contributed by atoms with E-state index in [1.54, 1.807) is 6.92 Å². The first kappa shape index (κ1) is 13.8. The summed E-state index contributed by atoms with van der Waals surface area (Å²) in [5.74, 6) is -0.848. The van der Waals surface area contributed by atoms with E-state index in [2.05, 4.69) is 5.32 Å². The fraction of sp³-hybridized carbons (Fsp3) is 0.625. The van der Waals surface area contributed by atoms with Crippen molar-refractivity contribution in [1.82, 2.24) is 5.32 Å². The summed E-state index contributed by atoms with van der Waals surface area (Å²) in [5, 5.41) is 3.60. The molecule has 1 aromatic rings. The molecule has 1 heterocycles. The molecule has 110 valence electrons. The van der Waals surface area contributed by atoms with Crippen LogP contribution in [0.4, 0.5) is 14.5 Å². The highest BCUT2D eigenvalue weighted by Gasteiger charge is 2.37. The smallest absolute Gasteiger partial charge is 0.152 e. The van der Waals surface area contributed by atoms with E-state index in [-0.39, 0.29) is 11.2 Å². The molecule has 0 aromatic heterocycles. The van der Waals surface area contributed by atoms with Crippen molar-refractivity contribution in [3.63, 3.8) is 0 Å². The first-order valence-corrected chi connectivity index (χ1v) is 7.56. The molecule has 2 aliphatic rings. The van der Waals surface area contributed by atoms with E-state index >= 15 is 0 Å². The van der Waals surface area contributed by atoms with E-state index in [9.17, 15) is 8.78 Å². The second-order valence-corrected chi connectivity index (χ2v) is 6.22. The Kier molecular flexibility index (Phi) is 3.67. The average molecular weight is 280 g/mol. The highest BCUT2D eigenvalue weighted by molar-refractivity contribution is 5.52. The molecule has 0 atom stereocenters. The van der Waals surface area contributed by atoms with Crippen LogP contribution in [0.2, 0.25) is 0 Å². The number of rotatable bonds is 1. The van der Waals surface area contributed by atoms with Crippen LogP contribution in [-0.2, 0) is 0 Å². The molecule has 20 heavy (non-hydrogen) atoms. The number of piperazine rings is 1. The predicted octanol–water partition coefficient (Wildman–Crippen LogP) is 3.39. The van der Waals surface area contributed by atoms with E-state index < -0.39 is 11.6 Å². The number of halogens is 2. The lowest BCUT2D eigenvalue weighted by molar-refractivity contribution is 0.215. The van der Waals surface area contributed by atoms with Crippen molar-refractivity contribution in [2.75, 3.05) is 24.5 Å². The zero-order valence-corrected chi connectivity index (χ0v) is 12.0. The Morgan fingerprint density at radius 1 is 1.15 bits per heavy atom. The van der Waals surface area contributed by atoms with Crippen LogP contribution >= 0.6 is 0 Å². The lowest BCUT2D eigenvalue weighted by Gasteiger charge is -2.47.